The second-order valence-electron chi connectivity index (χ2n) is 7.03. The first-order valence-electron chi connectivity index (χ1n) is 8.41. The second kappa shape index (κ2) is 5.78. The van der Waals surface area contributed by atoms with Gasteiger partial charge < -0.3 is 5.32 Å². The van der Waals surface area contributed by atoms with Crippen LogP contribution in [0.25, 0.3) is 0 Å². The van der Waals surface area contributed by atoms with E-state index in [1.54, 1.807) is 9.75 Å². The Morgan fingerprint density at radius 3 is 2.80 bits per heavy atom. The van der Waals surface area contributed by atoms with Gasteiger partial charge in [-0.2, -0.15) is 0 Å². The lowest BCUT2D eigenvalue weighted by Crippen LogP contribution is -2.39. The van der Waals surface area contributed by atoms with Crippen LogP contribution in [0, 0.1) is 5.92 Å². The van der Waals surface area contributed by atoms with Gasteiger partial charge in [0.2, 0.25) is 0 Å². The predicted octanol–water partition coefficient (Wildman–Crippen LogP) is 3.59. The van der Waals surface area contributed by atoms with Crippen molar-refractivity contribution in [1.29, 1.82) is 0 Å². The van der Waals surface area contributed by atoms with Gasteiger partial charge in [-0.25, -0.2) is 0 Å². The number of hydrogen-bond acceptors (Lipinski definition) is 3. The van der Waals surface area contributed by atoms with Crippen LogP contribution in [-0.4, -0.2) is 30.6 Å². The summed E-state index contributed by atoms with van der Waals surface area (Å²) in [4.78, 5) is 5.95. The van der Waals surface area contributed by atoms with Crippen LogP contribution in [0.2, 0.25) is 0 Å². The molecule has 0 radical (unpaired) electrons. The third-order valence-corrected chi connectivity index (χ3v) is 6.67. The molecule has 3 heteroatoms. The summed E-state index contributed by atoms with van der Waals surface area (Å²) in [7, 11) is 0. The number of piperidine rings is 1. The molecule has 110 valence electrons. The van der Waals surface area contributed by atoms with E-state index in [-0.39, 0.29) is 0 Å². The molecule has 3 saturated heterocycles. The molecule has 0 spiro atoms. The molecular weight excluding hydrogens is 264 g/mol. The van der Waals surface area contributed by atoms with Crippen LogP contribution in [0.5, 0.6) is 0 Å². The number of nitrogens with zero attached hydrogens (tertiary/aromatic N) is 1. The van der Waals surface area contributed by atoms with E-state index in [0.29, 0.717) is 0 Å². The lowest BCUT2D eigenvalue weighted by molar-refractivity contribution is 0.258. The molecular formula is C17H26N2S. The van der Waals surface area contributed by atoms with Crippen molar-refractivity contribution in [2.45, 2.75) is 57.0 Å². The van der Waals surface area contributed by atoms with Gasteiger partial charge in [0.15, 0.2) is 0 Å². The van der Waals surface area contributed by atoms with Crippen LogP contribution in [0.1, 0.15) is 54.2 Å². The van der Waals surface area contributed by atoms with Gasteiger partial charge in [0, 0.05) is 35.4 Å². The highest BCUT2D eigenvalue weighted by molar-refractivity contribution is 7.12. The van der Waals surface area contributed by atoms with Gasteiger partial charge in [-0.3, -0.25) is 4.90 Å². The molecule has 1 aromatic rings. The summed E-state index contributed by atoms with van der Waals surface area (Å²) >= 11 is 2.09. The highest BCUT2D eigenvalue weighted by atomic mass is 32.1. The Kier molecular flexibility index (Phi) is 3.84. The first-order valence-corrected chi connectivity index (χ1v) is 9.23. The topological polar surface area (TPSA) is 15.3 Å². The molecule has 4 aliphatic rings. The molecule has 3 aliphatic heterocycles. The number of fused-ring (bicyclic) bond motifs is 4. The summed E-state index contributed by atoms with van der Waals surface area (Å²) in [6.07, 6.45) is 8.57. The van der Waals surface area contributed by atoms with E-state index in [1.807, 2.05) is 0 Å². The highest BCUT2D eigenvalue weighted by Crippen LogP contribution is 2.38. The molecule has 0 aromatic carbocycles. The van der Waals surface area contributed by atoms with Crippen molar-refractivity contribution in [2.24, 2.45) is 5.92 Å². The highest BCUT2D eigenvalue weighted by Gasteiger charge is 2.29. The smallest absolute Gasteiger partial charge is 0.0328 e. The lowest BCUT2D eigenvalue weighted by Gasteiger charge is -2.23. The Balaban J connectivity index is 1.41. The van der Waals surface area contributed by atoms with Crippen LogP contribution in [0.4, 0.5) is 0 Å². The van der Waals surface area contributed by atoms with E-state index in [9.17, 15) is 0 Å². The van der Waals surface area contributed by atoms with Crippen molar-refractivity contribution >= 4 is 11.3 Å². The molecule has 1 N–H and O–H groups in total. The maximum Gasteiger partial charge on any atom is 0.0328 e. The Morgan fingerprint density at radius 2 is 2.00 bits per heavy atom. The van der Waals surface area contributed by atoms with Crippen LogP contribution >= 0.6 is 11.3 Å². The second-order valence-corrected chi connectivity index (χ2v) is 8.23. The number of nitrogens with one attached hydrogen (secondary N) is 1. The van der Waals surface area contributed by atoms with Crippen molar-refractivity contribution in [3.05, 3.63) is 21.9 Å². The van der Waals surface area contributed by atoms with Crippen molar-refractivity contribution in [3.8, 4) is 0 Å². The molecule has 4 fully saturated rings. The largest absolute Gasteiger partial charge is 0.312 e. The monoisotopic (exact) mass is 290 g/mol. The molecule has 4 heterocycles. The molecule has 5 rings (SSSR count). The lowest BCUT2D eigenvalue weighted by atomic mass is 9.97. The van der Waals surface area contributed by atoms with Crippen LogP contribution in [0.15, 0.2) is 12.1 Å². The zero-order chi connectivity index (χ0) is 13.4. The van der Waals surface area contributed by atoms with Crippen molar-refractivity contribution < 1.29 is 0 Å². The average molecular weight is 290 g/mol. The minimum absolute atomic E-state index is 0.753. The maximum atomic E-state index is 3.71. The van der Waals surface area contributed by atoms with Gasteiger partial charge in [0.05, 0.1) is 0 Å². The fourth-order valence-electron chi connectivity index (χ4n) is 4.30. The summed E-state index contributed by atoms with van der Waals surface area (Å²) in [5.74, 6) is 1.78. The first kappa shape index (κ1) is 13.3. The van der Waals surface area contributed by atoms with Crippen molar-refractivity contribution in [3.63, 3.8) is 0 Å². The number of rotatable bonds is 3. The molecule has 2 bridgehead atoms. The maximum absolute atomic E-state index is 3.71. The van der Waals surface area contributed by atoms with Crippen LogP contribution < -0.4 is 5.32 Å². The van der Waals surface area contributed by atoms with Gasteiger partial charge in [0.25, 0.3) is 0 Å². The fourth-order valence-corrected chi connectivity index (χ4v) is 5.52. The molecule has 0 unspecified atom stereocenters. The van der Waals surface area contributed by atoms with E-state index in [2.05, 4.69) is 33.7 Å². The quantitative estimate of drug-likeness (QED) is 0.915. The molecule has 2 nitrogen and oxygen atoms in total. The van der Waals surface area contributed by atoms with E-state index in [4.69, 9.17) is 0 Å². The number of hydrogen-bond donors (Lipinski definition) is 1. The predicted molar refractivity (Wildman–Crippen MR) is 85.3 cm³/mol. The summed E-state index contributed by atoms with van der Waals surface area (Å²) in [6.45, 7) is 5.00. The molecule has 2 atom stereocenters. The van der Waals surface area contributed by atoms with Gasteiger partial charge in [-0.15, -0.1) is 11.3 Å². The zero-order valence-corrected chi connectivity index (χ0v) is 13.1. The van der Waals surface area contributed by atoms with Gasteiger partial charge >= 0.3 is 0 Å². The van der Waals surface area contributed by atoms with Gasteiger partial charge in [-0.05, 0) is 56.2 Å². The van der Waals surface area contributed by atoms with Crippen molar-refractivity contribution in [1.82, 2.24) is 10.2 Å². The van der Waals surface area contributed by atoms with E-state index in [0.717, 1.165) is 17.9 Å². The van der Waals surface area contributed by atoms with Crippen LogP contribution in [-0.2, 0) is 6.54 Å². The van der Waals surface area contributed by atoms with Gasteiger partial charge in [0.1, 0.15) is 0 Å². The van der Waals surface area contributed by atoms with E-state index < -0.39 is 0 Å². The van der Waals surface area contributed by atoms with E-state index >= 15 is 0 Å². The van der Waals surface area contributed by atoms with Gasteiger partial charge in [-0.1, -0.05) is 12.8 Å². The molecule has 1 aromatic heterocycles. The Labute approximate surface area is 126 Å². The summed E-state index contributed by atoms with van der Waals surface area (Å²) in [6, 6.07) is 5.57. The standard InChI is InChI=1S/C17H26N2S/c1-2-4-14(3-1)17-8-7-16(20-17)12-19-10-13-5-6-15(11-19)18-9-13/h7-8,13-15,18H,1-6,9-12H2/t13-,15-/m0/s1. The first-order chi connectivity index (χ1) is 9.87. The molecule has 1 aliphatic carbocycles. The Morgan fingerprint density at radius 1 is 1.10 bits per heavy atom. The zero-order valence-electron chi connectivity index (χ0n) is 12.3. The third kappa shape index (κ3) is 2.81. The van der Waals surface area contributed by atoms with Crippen LogP contribution in [0.3, 0.4) is 0 Å². The molecule has 0 amide bonds. The fraction of sp³-hybridized carbons (Fsp3) is 0.765. The summed E-state index contributed by atoms with van der Waals surface area (Å²) in [5.41, 5.74) is 0. The average Bonchev–Trinajstić information content (AvgIpc) is 3.05. The summed E-state index contributed by atoms with van der Waals surface area (Å²) < 4.78 is 0. The molecule has 20 heavy (non-hydrogen) atoms. The van der Waals surface area contributed by atoms with Crippen molar-refractivity contribution in [2.75, 3.05) is 19.6 Å². The Hall–Kier alpha value is -0.380. The van der Waals surface area contributed by atoms with E-state index in [1.165, 1.54) is 64.7 Å². The minimum atomic E-state index is 0.753. The summed E-state index contributed by atoms with van der Waals surface area (Å²) in [5, 5.41) is 3.71. The minimum Gasteiger partial charge on any atom is -0.312 e. The third-order valence-electron chi connectivity index (χ3n) is 5.43. The SMILES string of the molecule is c1cc(C2CCCC2)sc1CN1C[C@H]2CC[C@@H](C1)NC2. The Bertz CT molecular complexity index is 428. The normalized spacial score (nSPS) is 31.8. The number of thiophene rings is 1. The molecule has 1 saturated carbocycles.